The summed E-state index contributed by atoms with van der Waals surface area (Å²) in [7, 11) is 0. The number of rotatable bonds is 3. The van der Waals surface area contributed by atoms with Gasteiger partial charge in [-0.2, -0.15) is 0 Å². The molecule has 0 spiro atoms. The van der Waals surface area contributed by atoms with Crippen molar-refractivity contribution in [3.8, 4) is 10.6 Å². The van der Waals surface area contributed by atoms with E-state index in [1.807, 2.05) is 24.3 Å². The van der Waals surface area contributed by atoms with E-state index in [-0.39, 0.29) is 12.2 Å². The van der Waals surface area contributed by atoms with Crippen molar-refractivity contribution in [2.45, 2.75) is 32.6 Å². The Morgan fingerprint density at radius 3 is 2.71 bits per heavy atom. The van der Waals surface area contributed by atoms with Gasteiger partial charge in [0.2, 0.25) is 0 Å². The van der Waals surface area contributed by atoms with E-state index in [9.17, 15) is 0 Å². The molecule has 2 aromatic rings. The predicted molar refractivity (Wildman–Crippen MR) is 87.8 cm³/mol. The number of hydrogen-bond acceptors (Lipinski definition) is 4. The van der Waals surface area contributed by atoms with Gasteiger partial charge in [-0.1, -0.05) is 29.8 Å². The van der Waals surface area contributed by atoms with Gasteiger partial charge in [0.1, 0.15) is 5.01 Å². The largest absolute Gasteiger partial charge is 0.373 e. The van der Waals surface area contributed by atoms with Crippen molar-refractivity contribution >= 4 is 22.9 Å². The van der Waals surface area contributed by atoms with Gasteiger partial charge in [-0.25, -0.2) is 4.98 Å². The lowest BCUT2D eigenvalue weighted by Gasteiger charge is -2.34. The van der Waals surface area contributed by atoms with E-state index in [1.165, 1.54) is 0 Å². The number of benzene rings is 1. The second kappa shape index (κ2) is 6.44. The molecule has 0 N–H and O–H groups in total. The highest BCUT2D eigenvalue weighted by atomic mass is 35.5. The highest BCUT2D eigenvalue weighted by Crippen LogP contribution is 2.30. The molecule has 1 aliphatic heterocycles. The lowest BCUT2D eigenvalue weighted by molar-refractivity contribution is -0.0707. The molecule has 3 nitrogen and oxygen atoms in total. The normalized spacial score (nSPS) is 23.4. The summed E-state index contributed by atoms with van der Waals surface area (Å²) >= 11 is 7.89. The van der Waals surface area contributed by atoms with Gasteiger partial charge >= 0.3 is 0 Å². The third-order valence-electron chi connectivity index (χ3n) is 3.54. The SMILES string of the molecule is C[C@H]1CN(Cc2csc(-c3ccccc3Cl)n2)C[C@H](C)O1. The van der Waals surface area contributed by atoms with Gasteiger partial charge in [0.15, 0.2) is 0 Å². The number of nitrogens with zero attached hydrogens (tertiary/aromatic N) is 2. The van der Waals surface area contributed by atoms with E-state index in [2.05, 4.69) is 24.1 Å². The molecule has 1 aromatic heterocycles. The van der Waals surface area contributed by atoms with Crippen LogP contribution in [-0.4, -0.2) is 35.2 Å². The van der Waals surface area contributed by atoms with Crippen LogP contribution in [0.2, 0.25) is 5.02 Å². The van der Waals surface area contributed by atoms with Gasteiger partial charge < -0.3 is 4.74 Å². The Morgan fingerprint density at radius 1 is 1.29 bits per heavy atom. The maximum absolute atomic E-state index is 6.24. The van der Waals surface area contributed by atoms with E-state index >= 15 is 0 Å². The predicted octanol–water partition coefficient (Wildman–Crippen LogP) is 4.07. The Bertz CT molecular complexity index is 606. The lowest BCUT2D eigenvalue weighted by Crippen LogP contribution is -2.44. The summed E-state index contributed by atoms with van der Waals surface area (Å²) in [5, 5.41) is 3.88. The number of hydrogen-bond donors (Lipinski definition) is 0. The van der Waals surface area contributed by atoms with Gasteiger partial charge in [-0.15, -0.1) is 11.3 Å². The Kier molecular flexibility index (Phi) is 4.60. The van der Waals surface area contributed by atoms with E-state index in [0.29, 0.717) is 0 Å². The van der Waals surface area contributed by atoms with Crippen molar-refractivity contribution in [3.05, 3.63) is 40.4 Å². The molecule has 0 bridgehead atoms. The first kappa shape index (κ1) is 15.0. The van der Waals surface area contributed by atoms with Crippen molar-refractivity contribution < 1.29 is 4.74 Å². The van der Waals surface area contributed by atoms with Crippen LogP contribution in [0.25, 0.3) is 10.6 Å². The van der Waals surface area contributed by atoms with Crippen LogP contribution in [-0.2, 0) is 11.3 Å². The summed E-state index contributed by atoms with van der Waals surface area (Å²) in [5.41, 5.74) is 2.12. The molecule has 0 unspecified atom stereocenters. The van der Waals surface area contributed by atoms with Crippen LogP contribution in [0.15, 0.2) is 29.6 Å². The summed E-state index contributed by atoms with van der Waals surface area (Å²) in [6.07, 6.45) is 0.575. The number of morpholine rings is 1. The van der Waals surface area contributed by atoms with Gasteiger partial charge in [0, 0.05) is 30.6 Å². The topological polar surface area (TPSA) is 25.4 Å². The molecular weight excluding hydrogens is 304 g/mol. The molecule has 5 heteroatoms. The van der Waals surface area contributed by atoms with Crippen molar-refractivity contribution in [3.63, 3.8) is 0 Å². The average molecular weight is 323 g/mol. The number of thiazole rings is 1. The Hall–Kier alpha value is -0.940. The Labute approximate surface area is 134 Å². The van der Waals surface area contributed by atoms with Crippen LogP contribution < -0.4 is 0 Å². The fraction of sp³-hybridized carbons (Fsp3) is 0.438. The van der Waals surface area contributed by atoms with Crippen LogP contribution in [0.5, 0.6) is 0 Å². The Morgan fingerprint density at radius 2 is 2.00 bits per heavy atom. The lowest BCUT2D eigenvalue weighted by atomic mass is 10.2. The molecule has 2 atom stereocenters. The zero-order valence-electron chi connectivity index (χ0n) is 12.3. The van der Waals surface area contributed by atoms with Gasteiger partial charge in [0.05, 0.1) is 22.9 Å². The molecule has 1 fully saturated rings. The second-order valence-corrected chi connectivity index (χ2v) is 6.84. The molecule has 2 heterocycles. The molecule has 21 heavy (non-hydrogen) atoms. The molecular formula is C16H19ClN2OS. The maximum atomic E-state index is 6.24. The van der Waals surface area contributed by atoms with Gasteiger partial charge in [0.25, 0.3) is 0 Å². The summed E-state index contributed by atoms with van der Waals surface area (Å²) in [5.74, 6) is 0. The van der Waals surface area contributed by atoms with Crippen molar-refractivity contribution in [2.75, 3.05) is 13.1 Å². The summed E-state index contributed by atoms with van der Waals surface area (Å²) in [4.78, 5) is 7.14. The van der Waals surface area contributed by atoms with Crippen LogP contribution in [0.1, 0.15) is 19.5 Å². The third kappa shape index (κ3) is 3.64. The van der Waals surface area contributed by atoms with Crippen LogP contribution >= 0.6 is 22.9 Å². The maximum Gasteiger partial charge on any atom is 0.125 e. The quantitative estimate of drug-likeness (QED) is 0.851. The molecule has 112 valence electrons. The molecule has 1 saturated heterocycles. The number of aromatic nitrogens is 1. The number of halogens is 1. The van der Waals surface area contributed by atoms with Crippen LogP contribution in [0, 0.1) is 0 Å². The standard InChI is InChI=1S/C16H19ClN2OS/c1-11-7-19(8-12(2)20-11)9-13-10-21-16(18-13)14-5-3-4-6-15(14)17/h3-6,10-12H,7-9H2,1-2H3/t11-,12-/m0/s1. The minimum absolute atomic E-state index is 0.287. The minimum atomic E-state index is 0.287. The molecule has 0 amide bonds. The molecule has 1 aliphatic rings. The fourth-order valence-electron chi connectivity index (χ4n) is 2.78. The van der Waals surface area contributed by atoms with E-state index in [4.69, 9.17) is 21.3 Å². The van der Waals surface area contributed by atoms with E-state index in [1.54, 1.807) is 11.3 Å². The summed E-state index contributed by atoms with van der Waals surface area (Å²) < 4.78 is 5.77. The molecule has 3 rings (SSSR count). The van der Waals surface area contributed by atoms with Crippen molar-refractivity contribution in [2.24, 2.45) is 0 Å². The first-order valence-electron chi connectivity index (χ1n) is 7.19. The minimum Gasteiger partial charge on any atom is -0.373 e. The van der Waals surface area contributed by atoms with Gasteiger partial charge in [-0.05, 0) is 19.9 Å². The first-order valence-corrected chi connectivity index (χ1v) is 8.44. The monoisotopic (exact) mass is 322 g/mol. The highest BCUT2D eigenvalue weighted by Gasteiger charge is 2.22. The smallest absolute Gasteiger partial charge is 0.125 e. The molecule has 1 aromatic carbocycles. The summed E-state index contributed by atoms with van der Waals surface area (Å²) in [6.45, 7) is 7.04. The molecule has 0 saturated carbocycles. The van der Waals surface area contributed by atoms with E-state index in [0.717, 1.165) is 40.9 Å². The fourth-order valence-corrected chi connectivity index (χ4v) is 3.91. The zero-order valence-corrected chi connectivity index (χ0v) is 13.8. The van der Waals surface area contributed by atoms with E-state index < -0.39 is 0 Å². The average Bonchev–Trinajstić information content (AvgIpc) is 2.86. The molecule has 0 radical (unpaired) electrons. The number of ether oxygens (including phenoxy) is 1. The van der Waals surface area contributed by atoms with Crippen molar-refractivity contribution in [1.29, 1.82) is 0 Å². The summed E-state index contributed by atoms with van der Waals surface area (Å²) in [6, 6.07) is 7.86. The zero-order chi connectivity index (χ0) is 14.8. The van der Waals surface area contributed by atoms with Crippen LogP contribution in [0.3, 0.4) is 0 Å². The first-order chi connectivity index (χ1) is 10.1. The second-order valence-electron chi connectivity index (χ2n) is 5.58. The molecule has 0 aliphatic carbocycles. The Balaban J connectivity index is 1.72. The van der Waals surface area contributed by atoms with Gasteiger partial charge in [-0.3, -0.25) is 4.90 Å². The highest BCUT2D eigenvalue weighted by molar-refractivity contribution is 7.13. The van der Waals surface area contributed by atoms with Crippen molar-refractivity contribution in [1.82, 2.24) is 9.88 Å². The third-order valence-corrected chi connectivity index (χ3v) is 4.79. The van der Waals surface area contributed by atoms with Crippen LogP contribution in [0.4, 0.5) is 0 Å².